The van der Waals surface area contributed by atoms with E-state index in [9.17, 15) is 14.4 Å². The Labute approximate surface area is 155 Å². The third kappa shape index (κ3) is 3.69. The predicted molar refractivity (Wildman–Crippen MR) is 95.7 cm³/mol. The molecule has 6 nitrogen and oxygen atoms in total. The predicted octanol–water partition coefficient (Wildman–Crippen LogP) is 4.07. The Morgan fingerprint density at radius 3 is 2.76 bits per heavy atom. The average Bonchev–Trinajstić information content (AvgIpc) is 3.17. The fourth-order valence-corrected chi connectivity index (χ4v) is 3.43. The van der Waals surface area contributed by atoms with Gasteiger partial charge >= 0.3 is 5.97 Å². The molecular formula is C17H12BrNO5S. The number of ether oxygens (including phenoxy) is 1. The molecule has 0 aliphatic carbocycles. The summed E-state index contributed by atoms with van der Waals surface area (Å²) in [5, 5.41) is -0.390. The van der Waals surface area contributed by atoms with Crippen LogP contribution in [0.5, 0.6) is 0 Å². The summed E-state index contributed by atoms with van der Waals surface area (Å²) in [7, 11) is 1.24. The first-order valence-corrected chi connectivity index (χ1v) is 8.77. The molecule has 3 rings (SSSR count). The molecule has 0 radical (unpaired) electrons. The summed E-state index contributed by atoms with van der Waals surface area (Å²) in [5.74, 6) is -0.672. The van der Waals surface area contributed by atoms with Crippen LogP contribution in [0.25, 0.3) is 6.08 Å². The number of hydrogen-bond donors (Lipinski definition) is 0. The lowest BCUT2D eigenvalue weighted by Gasteiger charge is -2.09. The van der Waals surface area contributed by atoms with Gasteiger partial charge in [0.2, 0.25) is 5.76 Å². The van der Waals surface area contributed by atoms with Gasteiger partial charge in [-0.3, -0.25) is 14.5 Å². The van der Waals surface area contributed by atoms with Crippen LogP contribution in [-0.2, 0) is 16.1 Å². The Kier molecular flexibility index (Phi) is 5.10. The zero-order valence-corrected chi connectivity index (χ0v) is 15.4. The van der Waals surface area contributed by atoms with Crippen molar-refractivity contribution in [3.05, 3.63) is 62.9 Å². The van der Waals surface area contributed by atoms with Crippen LogP contribution in [0.1, 0.15) is 21.9 Å². The van der Waals surface area contributed by atoms with Crippen molar-refractivity contribution >= 4 is 50.9 Å². The molecule has 0 bridgehead atoms. The zero-order valence-electron chi connectivity index (χ0n) is 13.0. The SMILES string of the molecule is COC(=O)c1ccc(CN2C(=O)SC(=Cc3ccccc3Br)C2=O)o1. The first-order valence-electron chi connectivity index (χ1n) is 7.16. The summed E-state index contributed by atoms with van der Waals surface area (Å²) in [6, 6.07) is 10.4. The van der Waals surface area contributed by atoms with Crippen LogP contribution in [0, 0.1) is 0 Å². The van der Waals surface area contributed by atoms with Crippen molar-refractivity contribution in [2.45, 2.75) is 6.54 Å². The number of amides is 2. The number of furan rings is 1. The fraction of sp³-hybridized carbons (Fsp3) is 0.118. The van der Waals surface area contributed by atoms with Crippen LogP contribution < -0.4 is 0 Å². The van der Waals surface area contributed by atoms with E-state index in [4.69, 9.17) is 4.42 Å². The van der Waals surface area contributed by atoms with Gasteiger partial charge in [-0.05, 0) is 41.6 Å². The number of carbonyl (C=O) groups is 3. The van der Waals surface area contributed by atoms with E-state index in [1.54, 1.807) is 6.08 Å². The van der Waals surface area contributed by atoms with Crippen LogP contribution in [-0.4, -0.2) is 29.1 Å². The molecule has 0 atom stereocenters. The van der Waals surface area contributed by atoms with Gasteiger partial charge in [-0.1, -0.05) is 34.1 Å². The summed E-state index contributed by atoms with van der Waals surface area (Å²) < 4.78 is 10.7. The highest BCUT2D eigenvalue weighted by Crippen LogP contribution is 2.34. The molecule has 25 heavy (non-hydrogen) atoms. The highest BCUT2D eigenvalue weighted by molar-refractivity contribution is 9.10. The summed E-state index contributed by atoms with van der Waals surface area (Å²) in [6.45, 7) is -0.0467. The van der Waals surface area contributed by atoms with Crippen molar-refractivity contribution in [3.8, 4) is 0 Å². The fourth-order valence-electron chi connectivity index (χ4n) is 2.20. The minimum atomic E-state index is -0.616. The van der Waals surface area contributed by atoms with Gasteiger partial charge in [0.05, 0.1) is 18.6 Å². The van der Waals surface area contributed by atoms with E-state index < -0.39 is 11.9 Å². The summed E-state index contributed by atoms with van der Waals surface area (Å²) in [6.07, 6.45) is 1.66. The Morgan fingerprint density at radius 2 is 2.04 bits per heavy atom. The average molecular weight is 422 g/mol. The van der Waals surface area contributed by atoms with Crippen LogP contribution in [0.15, 0.2) is 50.2 Å². The molecule has 8 heteroatoms. The highest BCUT2D eigenvalue weighted by atomic mass is 79.9. The summed E-state index contributed by atoms with van der Waals surface area (Å²) in [4.78, 5) is 37.5. The van der Waals surface area contributed by atoms with Gasteiger partial charge in [-0.2, -0.15) is 0 Å². The Balaban J connectivity index is 1.79. The number of nitrogens with zero attached hydrogens (tertiary/aromatic N) is 1. The molecule has 1 aromatic heterocycles. The summed E-state index contributed by atoms with van der Waals surface area (Å²) >= 11 is 4.27. The van der Waals surface area contributed by atoms with Gasteiger partial charge in [-0.25, -0.2) is 4.79 Å². The third-order valence-corrected chi connectivity index (χ3v) is 5.06. The molecule has 2 heterocycles. The monoisotopic (exact) mass is 421 g/mol. The maximum Gasteiger partial charge on any atom is 0.373 e. The smallest absolute Gasteiger partial charge is 0.373 e. The van der Waals surface area contributed by atoms with Crippen molar-refractivity contribution in [2.24, 2.45) is 0 Å². The van der Waals surface area contributed by atoms with Gasteiger partial charge < -0.3 is 9.15 Å². The largest absolute Gasteiger partial charge is 0.463 e. The maximum atomic E-state index is 12.5. The van der Waals surface area contributed by atoms with E-state index in [0.29, 0.717) is 10.7 Å². The molecule has 2 aromatic rings. The lowest BCUT2D eigenvalue weighted by atomic mass is 10.2. The van der Waals surface area contributed by atoms with Gasteiger partial charge in [-0.15, -0.1) is 0 Å². The molecule has 1 aliphatic heterocycles. The van der Waals surface area contributed by atoms with E-state index in [1.165, 1.54) is 19.2 Å². The second-order valence-corrected chi connectivity index (χ2v) is 6.89. The van der Waals surface area contributed by atoms with Crippen molar-refractivity contribution in [1.82, 2.24) is 4.90 Å². The number of carbonyl (C=O) groups excluding carboxylic acids is 3. The molecule has 0 saturated carbocycles. The van der Waals surface area contributed by atoms with Crippen molar-refractivity contribution in [2.75, 3.05) is 7.11 Å². The Bertz CT molecular complexity index is 889. The molecule has 1 saturated heterocycles. The third-order valence-electron chi connectivity index (χ3n) is 3.43. The van der Waals surface area contributed by atoms with Crippen LogP contribution in [0.4, 0.5) is 4.79 Å². The van der Waals surface area contributed by atoms with E-state index >= 15 is 0 Å². The van der Waals surface area contributed by atoms with E-state index in [0.717, 1.165) is 26.7 Å². The quantitative estimate of drug-likeness (QED) is 0.546. The minimum Gasteiger partial charge on any atom is -0.463 e. The molecule has 1 fully saturated rings. The van der Waals surface area contributed by atoms with Crippen LogP contribution in [0.3, 0.4) is 0 Å². The van der Waals surface area contributed by atoms with Gasteiger partial charge in [0.1, 0.15) is 5.76 Å². The van der Waals surface area contributed by atoms with Gasteiger partial charge in [0, 0.05) is 4.47 Å². The Morgan fingerprint density at radius 1 is 1.28 bits per heavy atom. The number of methoxy groups -OCH3 is 1. The Hall–Kier alpha value is -2.32. The lowest BCUT2D eigenvalue weighted by molar-refractivity contribution is -0.123. The molecule has 2 amide bonds. The van der Waals surface area contributed by atoms with Crippen LogP contribution >= 0.6 is 27.7 Å². The molecule has 0 N–H and O–H groups in total. The number of rotatable bonds is 4. The number of esters is 1. The number of imide groups is 1. The second-order valence-electron chi connectivity index (χ2n) is 5.05. The normalized spacial score (nSPS) is 15.9. The zero-order chi connectivity index (χ0) is 18.0. The van der Waals surface area contributed by atoms with Gasteiger partial charge in [0.15, 0.2) is 0 Å². The van der Waals surface area contributed by atoms with E-state index in [2.05, 4.69) is 20.7 Å². The second kappa shape index (κ2) is 7.28. The lowest BCUT2D eigenvalue weighted by Crippen LogP contribution is -2.27. The maximum absolute atomic E-state index is 12.5. The molecule has 0 unspecified atom stereocenters. The molecular weight excluding hydrogens is 410 g/mol. The number of hydrogen-bond acceptors (Lipinski definition) is 6. The first-order chi connectivity index (χ1) is 12.0. The standard InChI is InChI=1S/C17H12BrNO5S/c1-23-16(21)13-7-6-11(24-13)9-19-15(20)14(25-17(19)22)8-10-4-2-3-5-12(10)18/h2-8H,9H2,1H3. The number of benzene rings is 1. The molecule has 1 aromatic carbocycles. The number of thioether (sulfide) groups is 1. The van der Waals surface area contributed by atoms with E-state index in [-0.39, 0.29) is 17.5 Å². The molecule has 128 valence electrons. The highest BCUT2D eigenvalue weighted by Gasteiger charge is 2.35. The first kappa shape index (κ1) is 17.5. The minimum absolute atomic E-state index is 0.0215. The van der Waals surface area contributed by atoms with Crippen molar-refractivity contribution in [1.29, 1.82) is 0 Å². The van der Waals surface area contributed by atoms with Crippen molar-refractivity contribution in [3.63, 3.8) is 0 Å². The number of halogens is 1. The summed E-state index contributed by atoms with van der Waals surface area (Å²) in [5.41, 5.74) is 0.805. The molecule has 1 aliphatic rings. The van der Waals surface area contributed by atoms with Crippen LogP contribution in [0.2, 0.25) is 0 Å². The van der Waals surface area contributed by atoms with Crippen molar-refractivity contribution < 1.29 is 23.5 Å². The van der Waals surface area contributed by atoms with Gasteiger partial charge in [0.25, 0.3) is 11.1 Å². The molecule has 0 spiro atoms. The van der Waals surface area contributed by atoms with E-state index in [1.807, 2.05) is 24.3 Å². The topological polar surface area (TPSA) is 76.8 Å².